The minimum absolute atomic E-state index is 0.00904. The molecule has 0 unspecified atom stereocenters. The lowest BCUT2D eigenvalue weighted by Crippen LogP contribution is -2.72. The van der Waals surface area contributed by atoms with Gasteiger partial charge in [0.15, 0.2) is 5.78 Å². The Morgan fingerprint density at radius 1 is 1.07 bits per heavy atom. The third-order valence-electron chi connectivity index (χ3n) is 4.38. The molecule has 5 nitrogen and oxygen atoms in total. The fourth-order valence-electron chi connectivity index (χ4n) is 3.07. The van der Waals surface area contributed by atoms with Gasteiger partial charge in [-0.2, -0.15) is 13.2 Å². The zero-order chi connectivity index (χ0) is 19.8. The molecule has 9 heteroatoms. The zero-order valence-corrected chi connectivity index (χ0v) is 15.2. The van der Waals surface area contributed by atoms with Crippen molar-refractivity contribution in [3.63, 3.8) is 0 Å². The van der Waals surface area contributed by atoms with E-state index in [2.05, 4.69) is 21.2 Å². The highest BCUT2D eigenvalue weighted by Crippen LogP contribution is 2.44. The number of ketones is 1. The summed E-state index contributed by atoms with van der Waals surface area (Å²) < 4.78 is 41.8. The summed E-state index contributed by atoms with van der Waals surface area (Å²) >= 11 is 3.22. The number of hydrogen-bond donors (Lipinski definition) is 3. The van der Waals surface area contributed by atoms with Gasteiger partial charge in [-0.3, -0.25) is 4.79 Å². The molecular formula is C18H14BrF3N2O3. The van der Waals surface area contributed by atoms with Gasteiger partial charge in [0.2, 0.25) is 5.72 Å². The maximum atomic E-state index is 13.7. The third-order valence-corrected chi connectivity index (χ3v) is 4.90. The van der Waals surface area contributed by atoms with Crippen LogP contribution >= 0.6 is 15.9 Å². The molecule has 0 saturated carbocycles. The number of aliphatic hydroxyl groups is 1. The molecule has 0 aliphatic carbocycles. The van der Waals surface area contributed by atoms with Crippen LogP contribution < -0.4 is 10.6 Å². The summed E-state index contributed by atoms with van der Waals surface area (Å²) in [6.45, 7) is 0. The van der Waals surface area contributed by atoms with E-state index >= 15 is 0 Å². The molecule has 2 amide bonds. The standard InChI is InChI=1S/C18H14BrF3N2O3/c19-12-8-6-10(7-9-12)14-13(15(25)11-4-2-1-3-5-11)17(27,18(20,21)22)24-16(26)23-14/h1-9,13-14,27H,(H2,23,24,26)/t13-,14+,17-/m0/s1. The topological polar surface area (TPSA) is 78.4 Å². The van der Waals surface area contributed by atoms with Crippen LogP contribution in [0.5, 0.6) is 0 Å². The fraction of sp³-hybridized carbons (Fsp3) is 0.222. The Kier molecular flexibility index (Phi) is 5.00. The largest absolute Gasteiger partial charge is 0.437 e. The summed E-state index contributed by atoms with van der Waals surface area (Å²) in [5.41, 5.74) is -3.48. The number of carbonyl (C=O) groups excluding carboxylic acids is 2. The van der Waals surface area contributed by atoms with E-state index in [4.69, 9.17) is 0 Å². The smallest absolute Gasteiger partial charge is 0.363 e. The van der Waals surface area contributed by atoms with Crippen molar-refractivity contribution in [1.82, 2.24) is 10.6 Å². The summed E-state index contributed by atoms with van der Waals surface area (Å²) in [5.74, 6) is -2.98. The maximum Gasteiger partial charge on any atom is 0.437 e. The molecular weight excluding hydrogens is 429 g/mol. The molecule has 3 N–H and O–H groups in total. The number of halogens is 4. The number of rotatable bonds is 3. The second-order valence-electron chi connectivity index (χ2n) is 6.10. The first-order chi connectivity index (χ1) is 12.6. The molecule has 0 aromatic heterocycles. The molecule has 0 bridgehead atoms. The molecule has 142 valence electrons. The zero-order valence-electron chi connectivity index (χ0n) is 13.6. The molecule has 0 radical (unpaired) electrons. The maximum absolute atomic E-state index is 13.7. The molecule has 2 aromatic rings. The van der Waals surface area contributed by atoms with Gasteiger partial charge in [0.05, 0.1) is 6.04 Å². The minimum Gasteiger partial charge on any atom is -0.363 e. The summed E-state index contributed by atoms with van der Waals surface area (Å²) in [6.07, 6.45) is -5.27. The lowest BCUT2D eigenvalue weighted by Gasteiger charge is -2.45. The fourth-order valence-corrected chi connectivity index (χ4v) is 3.33. The van der Waals surface area contributed by atoms with Crippen molar-refractivity contribution < 1.29 is 27.9 Å². The van der Waals surface area contributed by atoms with Crippen molar-refractivity contribution in [2.45, 2.75) is 17.9 Å². The quantitative estimate of drug-likeness (QED) is 0.636. The first-order valence-corrected chi connectivity index (χ1v) is 8.65. The molecule has 3 rings (SSSR count). The predicted octanol–water partition coefficient (Wildman–Crippen LogP) is 3.55. The van der Waals surface area contributed by atoms with E-state index < -0.39 is 35.7 Å². The Labute approximate surface area is 160 Å². The second-order valence-corrected chi connectivity index (χ2v) is 7.02. The van der Waals surface area contributed by atoms with Crippen molar-refractivity contribution >= 4 is 27.7 Å². The Morgan fingerprint density at radius 2 is 1.67 bits per heavy atom. The van der Waals surface area contributed by atoms with E-state index in [0.29, 0.717) is 4.47 Å². The van der Waals surface area contributed by atoms with E-state index in [0.717, 1.165) is 0 Å². The number of amides is 2. The average molecular weight is 443 g/mol. The number of Topliss-reactive ketones (excluding diaryl/α,β-unsaturated/α-hetero) is 1. The van der Waals surface area contributed by atoms with Crippen LogP contribution in [0.25, 0.3) is 0 Å². The highest BCUT2D eigenvalue weighted by molar-refractivity contribution is 9.10. The molecule has 1 aliphatic rings. The molecule has 1 saturated heterocycles. The number of urea groups is 1. The highest BCUT2D eigenvalue weighted by Gasteiger charge is 2.66. The van der Waals surface area contributed by atoms with Crippen molar-refractivity contribution in [1.29, 1.82) is 0 Å². The third kappa shape index (κ3) is 3.57. The van der Waals surface area contributed by atoms with Crippen LogP contribution in [-0.4, -0.2) is 28.8 Å². The van der Waals surface area contributed by atoms with E-state index in [1.165, 1.54) is 41.7 Å². The molecule has 27 heavy (non-hydrogen) atoms. The number of benzene rings is 2. The van der Waals surface area contributed by atoms with Crippen LogP contribution in [0.4, 0.5) is 18.0 Å². The SMILES string of the molecule is O=C1N[C@H](c2ccc(Br)cc2)[C@@H](C(=O)c2ccccc2)[C@](O)(C(F)(F)F)N1. The summed E-state index contributed by atoms with van der Waals surface area (Å²) in [7, 11) is 0. The van der Waals surface area contributed by atoms with Gasteiger partial charge >= 0.3 is 12.2 Å². The Hall–Kier alpha value is -2.39. The summed E-state index contributed by atoms with van der Waals surface area (Å²) in [4.78, 5) is 24.8. The second kappa shape index (κ2) is 6.97. The average Bonchev–Trinajstić information content (AvgIpc) is 2.61. The van der Waals surface area contributed by atoms with Crippen molar-refractivity contribution in [2.75, 3.05) is 0 Å². The van der Waals surface area contributed by atoms with Crippen LogP contribution in [-0.2, 0) is 0 Å². The lowest BCUT2D eigenvalue weighted by molar-refractivity contribution is -0.287. The van der Waals surface area contributed by atoms with Gasteiger partial charge in [0.1, 0.15) is 5.92 Å². The van der Waals surface area contributed by atoms with Gasteiger partial charge in [-0.25, -0.2) is 4.79 Å². The van der Waals surface area contributed by atoms with Crippen molar-refractivity contribution in [3.8, 4) is 0 Å². The predicted molar refractivity (Wildman–Crippen MR) is 93.8 cm³/mol. The lowest BCUT2D eigenvalue weighted by atomic mass is 9.77. The van der Waals surface area contributed by atoms with Gasteiger partial charge in [-0.05, 0) is 17.7 Å². The Morgan fingerprint density at radius 3 is 2.22 bits per heavy atom. The van der Waals surface area contributed by atoms with Crippen molar-refractivity contribution in [3.05, 3.63) is 70.2 Å². The minimum atomic E-state index is -5.27. The van der Waals surface area contributed by atoms with E-state index in [1.54, 1.807) is 18.2 Å². The van der Waals surface area contributed by atoms with Gasteiger partial charge in [-0.1, -0.05) is 58.4 Å². The monoisotopic (exact) mass is 442 g/mol. The molecule has 0 spiro atoms. The van der Waals surface area contributed by atoms with E-state index in [-0.39, 0.29) is 11.1 Å². The summed E-state index contributed by atoms with van der Waals surface area (Å²) in [6, 6.07) is 10.8. The first-order valence-electron chi connectivity index (χ1n) is 7.86. The van der Waals surface area contributed by atoms with Gasteiger partial charge in [-0.15, -0.1) is 0 Å². The highest BCUT2D eigenvalue weighted by atomic mass is 79.9. The normalized spacial score (nSPS) is 25.4. The van der Waals surface area contributed by atoms with Gasteiger partial charge < -0.3 is 15.7 Å². The number of carbonyl (C=O) groups is 2. The molecule has 1 heterocycles. The van der Waals surface area contributed by atoms with Crippen molar-refractivity contribution in [2.24, 2.45) is 5.92 Å². The van der Waals surface area contributed by atoms with Crippen LogP contribution in [0.15, 0.2) is 59.1 Å². The van der Waals surface area contributed by atoms with Gasteiger partial charge in [0, 0.05) is 10.0 Å². The number of alkyl halides is 3. The van der Waals surface area contributed by atoms with E-state index in [1.807, 2.05) is 0 Å². The summed E-state index contributed by atoms with van der Waals surface area (Å²) in [5, 5.41) is 14.3. The first kappa shape index (κ1) is 19.4. The molecule has 3 atom stereocenters. The molecule has 1 aliphatic heterocycles. The van der Waals surface area contributed by atoms with E-state index in [9.17, 15) is 27.9 Å². The molecule has 2 aromatic carbocycles. The molecule has 1 fully saturated rings. The number of nitrogens with one attached hydrogen (secondary N) is 2. The Bertz CT molecular complexity index is 858. The van der Waals surface area contributed by atoms with Crippen LogP contribution in [0.3, 0.4) is 0 Å². The van der Waals surface area contributed by atoms with Gasteiger partial charge in [0.25, 0.3) is 0 Å². The van der Waals surface area contributed by atoms with Crippen LogP contribution in [0, 0.1) is 5.92 Å². The van der Waals surface area contributed by atoms with Crippen LogP contribution in [0.1, 0.15) is 22.0 Å². The Balaban J connectivity index is 2.15. The van der Waals surface area contributed by atoms with Crippen LogP contribution in [0.2, 0.25) is 0 Å². The number of hydrogen-bond acceptors (Lipinski definition) is 3.